The lowest BCUT2D eigenvalue weighted by Crippen LogP contribution is -2.42. The van der Waals surface area contributed by atoms with E-state index < -0.39 is 0 Å². The standard InChI is InChI=1S/C16H27N3O/c1-3-18(4-2)13-14-19(16(17)20)12-8-11-15-9-6-5-7-10-15/h5-7,9-10H,3-4,8,11-14H2,1-2H3,(H2,17,20). The first-order chi connectivity index (χ1) is 9.67. The molecule has 0 atom stereocenters. The molecule has 0 spiro atoms. The van der Waals surface area contributed by atoms with Crippen LogP contribution in [0.1, 0.15) is 25.8 Å². The van der Waals surface area contributed by atoms with Crippen molar-refractivity contribution in [2.75, 3.05) is 32.7 Å². The van der Waals surface area contributed by atoms with E-state index in [1.54, 1.807) is 4.90 Å². The molecule has 2 amide bonds. The van der Waals surface area contributed by atoms with Gasteiger partial charge in [0.15, 0.2) is 0 Å². The number of rotatable bonds is 9. The zero-order valence-corrected chi connectivity index (χ0v) is 12.7. The molecule has 0 fully saturated rings. The Labute approximate surface area is 122 Å². The second-order valence-corrected chi connectivity index (χ2v) is 4.94. The van der Waals surface area contributed by atoms with Crippen molar-refractivity contribution in [1.82, 2.24) is 9.80 Å². The van der Waals surface area contributed by atoms with E-state index in [1.807, 2.05) is 18.2 Å². The average molecular weight is 277 g/mol. The molecule has 1 rings (SSSR count). The lowest BCUT2D eigenvalue weighted by Gasteiger charge is -2.25. The van der Waals surface area contributed by atoms with E-state index >= 15 is 0 Å². The molecule has 4 nitrogen and oxygen atoms in total. The van der Waals surface area contributed by atoms with Crippen LogP contribution in [0.4, 0.5) is 4.79 Å². The van der Waals surface area contributed by atoms with Crippen LogP contribution in [0.3, 0.4) is 0 Å². The highest BCUT2D eigenvalue weighted by Gasteiger charge is 2.10. The summed E-state index contributed by atoms with van der Waals surface area (Å²) in [6.45, 7) is 8.61. The Bertz CT molecular complexity index is 377. The molecular weight excluding hydrogens is 250 g/mol. The van der Waals surface area contributed by atoms with Crippen LogP contribution in [0, 0.1) is 0 Å². The minimum absolute atomic E-state index is 0.315. The Balaban J connectivity index is 2.34. The van der Waals surface area contributed by atoms with Crippen molar-refractivity contribution in [2.24, 2.45) is 5.73 Å². The Morgan fingerprint density at radius 2 is 1.70 bits per heavy atom. The fourth-order valence-corrected chi connectivity index (χ4v) is 2.25. The number of hydrogen-bond donors (Lipinski definition) is 1. The molecule has 112 valence electrons. The molecule has 1 aromatic carbocycles. The monoisotopic (exact) mass is 277 g/mol. The van der Waals surface area contributed by atoms with Crippen molar-refractivity contribution in [3.8, 4) is 0 Å². The van der Waals surface area contributed by atoms with Gasteiger partial charge in [0.05, 0.1) is 0 Å². The first-order valence-electron chi connectivity index (χ1n) is 7.48. The number of nitrogens with zero attached hydrogens (tertiary/aromatic N) is 2. The summed E-state index contributed by atoms with van der Waals surface area (Å²) in [6, 6.07) is 10.0. The van der Waals surface area contributed by atoms with Crippen molar-refractivity contribution < 1.29 is 4.79 Å². The van der Waals surface area contributed by atoms with Gasteiger partial charge in [-0.25, -0.2) is 4.79 Å². The largest absolute Gasteiger partial charge is 0.351 e. The number of primary amides is 1. The first-order valence-corrected chi connectivity index (χ1v) is 7.48. The molecule has 0 aliphatic rings. The summed E-state index contributed by atoms with van der Waals surface area (Å²) in [5.74, 6) is 0. The third kappa shape index (κ3) is 6.06. The Morgan fingerprint density at radius 3 is 2.25 bits per heavy atom. The normalized spacial score (nSPS) is 10.8. The molecule has 0 unspecified atom stereocenters. The third-order valence-electron chi connectivity index (χ3n) is 3.63. The molecule has 0 aromatic heterocycles. The summed E-state index contributed by atoms with van der Waals surface area (Å²) < 4.78 is 0. The molecule has 2 N–H and O–H groups in total. The number of aryl methyl sites for hydroxylation is 1. The summed E-state index contributed by atoms with van der Waals surface area (Å²) >= 11 is 0. The van der Waals surface area contributed by atoms with E-state index in [1.165, 1.54) is 5.56 Å². The highest BCUT2D eigenvalue weighted by molar-refractivity contribution is 5.71. The molecular formula is C16H27N3O. The first kappa shape index (κ1) is 16.5. The fraction of sp³-hybridized carbons (Fsp3) is 0.562. The van der Waals surface area contributed by atoms with Crippen LogP contribution in [0.25, 0.3) is 0 Å². The summed E-state index contributed by atoms with van der Waals surface area (Å²) in [5, 5.41) is 0. The fourth-order valence-electron chi connectivity index (χ4n) is 2.25. The summed E-state index contributed by atoms with van der Waals surface area (Å²) in [6.07, 6.45) is 1.93. The van der Waals surface area contributed by atoms with Gasteiger partial charge in [-0.15, -0.1) is 0 Å². The molecule has 0 bridgehead atoms. The number of nitrogens with two attached hydrogens (primary N) is 1. The Morgan fingerprint density at radius 1 is 1.05 bits per heavy atom. The lowest BCUT2D eigenvalue weighted by molar-refractivity contribution is 0.193. The zero-order valence-electron chi connectivity index (χ0n) is 12.7. The van der Waals surface area contributed by atoms with Crippen molar-refractivity contribution in [3.63, 3.8) is 0 Å². The van der Waals surface area contributed by atoms with Gasteiger partial charge in [0.2, 0.25) is 0 Å². The quantitative estimate of drug-likeness (QED) is 0.753. The van der Waals surface area contributed by atoms with E-state index in [4.69, 9.17) is 5.73 Å². The molecule has 20 heavy (non-hydrogen) atoms. The topological polar surface area (TPSA) is 49.6 Å². The highest BCUT2D eigenvalue weighted by Crippen LogP contribution is 2.04. The number of carbonyl (C=O) groups excluding carboxylic acids is 1. The zero-order chi connectivity index (χ0) is 14.8. The second kappa shape index (κ2) is 9.37. The van der Waals surface area contributed by atoms with Gasteiger partial charge in [0.1, 0.15) is 0 Å². The maximum Gasteiger partial charge on any atom is 0.314 e. The molecule has 0 saturated heterocycles. The molecule has 0 radical (unpaired) electrons. The minimum atomic E-state index is -0.315. The highest BCUT2D eigenvalue weighted by atomic mass is 16.2. The number of likely N-dealkylation sites (N-methyl/N-ethyl adjacent to an activating group) is 1. The van der Waals surface area contributed by atoms with Crippen LogP contribution in [0.5, 0.6) is 0 Å². The Hall–Kier alpha value is -1.55. The molecule has 4 heteroatoms. The summed E-state index contributed by atoms with van der Waals surface area (Å²) in [5.41, 5.74) is 6.76. The van der Waals surface area contributed by atoms with E-state index in [0.29, 0.717) is 6.54 Å². The predicted octanol–water partition coefficient (Wildman–Crippen LogP) is 2.34. The second-order valence-electron chi connectivity index (χ2n) is 4.94. The van der Waals surface area contributed by atoms with E-state index in [9.17, 15) is 4.79 Å². The van der Waals surface area contributed by atoms with Crippen LogP contribution >= 0.6 is 0 Å². The smallest absolute Gasteiger partial charge is 0.314 e. The van der Waals surface area contributed by atoms with E-state index in [2.05, 4.69) is 30.9 Å². The SMILES string of the molecule is CCN(CC)CCN(CCCc1ccccc1)C(N)=O. The maximum atomic E-state index is 11.5. The molecule has 1 aromatic rings. The van der Waals surface area contributed by atoms with Gasteiger partial charge >= 0.3 is 6.03 Å². The van der Waals surface area contributed by atoms with Crippen LogP contribution in [-0.2, 0) is 6.42 Å². The summed E-state index contributed by atoms with van der Waals surface area (Å²) in [4.78, 5) is 15.5. The van der Waals surface area contributed by atoms with E-state index in [0.717, 1.165) is 39.0 Å². The number of urea groups is 1. The lowest BCUT2D eigenvalue weighted by atomic mass is 10.1. The van der Waals surface area contributed by atoms with E-state index in [-0.39, 0.29) is 6.03 Å². The van der Waals surface area contributed by atoms with Crippen LogP contribution in [-0.4, -0.2) is 48.6 Å². The van der Waals surface area contributed by atoms with Gasteiger partial charge in [-0.2, -0.15) is 0 Å². The van der Waals surface area contributed by atoms with Gasteiger partial charge in [-0.3, -0.25) is 0 Å². The van der Waals surface area contributed by atoms with Gasteiger partial charge in [0, 0.05) is 19.6 Å². The van der Waals surface area contributed by atoms with Crippen LogP contribution in [0.15, 0.2) is 30.3 Å². The third-order valence-corrected chi connectivity index (χ3v) is 3.63. The van der Waals surface area contributed by atoms with Gasteiger partial charge < -0.3 is 15.5 Å². The number of carbonyl (C=O) groups is 1. The van der Waals surface area contributed by atoms with Crippen molar-refractivity contribution >= 4 is 6.03 Å². The number of benzene rings is 1. The van der Waals surface area contributed by atoms with Crippen LogP contribution in [0.2, 0.25) is 0 Å². The Kier molecular flexibility index (Phi) is 7.73. The van der Waals surface area contributed by atoms with Gasteiger partial charge in [-0.1, -0.05) is 44.2 Å². The minimum Gasteiger partial charge on any atom is -0.351 e. The summed E-state index contributed by atoms with van der Waals surface area (Å²) in [7, 11) is 0. The predicted molar refractivity (Wildman–Crippen MR) is 83.7 cm³/mol. The van der Waals surface area contributed by atoms with Crippen molar-refractivity contribution in [3.05, 3.63) is 35.9 Å². The number of hydrogen-bond acceptors (Lipinski definition) is 2. The molecule has 0 saturated carbocycles. The van der Waals surface area contributed by atoms with Crippen molar-refractivity contribution in [2.45, 2.75) is 26.7 Å². The van der Waals surface area contributed by atoms with Gasteiger partial charge in [0.25, 0.3) is 0 Å². The average Bonchev–Trinajstić information content (AvgIpc) is 2.47. The van der Waals surface area contributed by atoms with Crippen LogP contribution < -0.4 is 5.73 Å². The van der Waals surface area contributed by atoms with Gasteiger partial charge in [-0.05, 0) is 31.5 Å². The molecule has 0 aliphatic heterocycles. The maximum absolute atomic E-state index is 11.5. The van der Waals surface area contributed by atoms with Crippen molar-refractivity contribution in [1.29, 1.82) is 0 Å². The molecule has 0 heterocycles. The molecule has 0 aliphatic carbocycles. The number of amides is 2.